The lowest BCUT2D eigenvalue weighted by Gasteiger charge is -2.18. The minimum absolute atomic E-state index is 0. The predicted molar refractivity (Wildman–Crippen MR) is 118 cm³/mol. The van der Waals surface area contributed by atoms with Crippen LogP contribution in [-0.2, 0) is 16.4 Å². The van der Waals surface area contributed by atoms with Gasteiger partial charge in [-0.05, 0) is 72.0 Å². The van der Waals surface area contributed by atoms with E-state index < -0.39 is 17.2 Å². The first kappa shape index (κ1) is 21.2. The lowest BCUT2D eigenvalue weighted by Crippen LogP contribution is -2.28. The molecule has 1 fully saturated rings. The molecule has 0 aromatic heterocycles. The third-order valence-electron chi connectivity index (χ3n) is 6.05. The third kappa shape index (κ3) is 3.97. The highest BCUT2D eigenvalue weighted by molar-refractivity contribution is 6.02. The average molecular weight is 457 g/mol. The molecule has 0 spiro atoms. The number of alkyl halides is 3. The van der Waals surface area contributed by atoms with Gasteiger partial charge in [0.25, 0.3) is 0 Å². The van der Waals surface area contributed by atoms with Gasteiger partial charge in [-0.15, -0.1) is 0 Å². The Hall–Kier alpha value is -3.68. The predicted octanol–water partition coefficient (Wildman–Crippen LogP) is 6.03. The molecule has 5 rings (SSSR count). The van der Waals surface area contributed by atoms with Gasteiger partial charge in [-0.1, -0.05) is 18.2 Å². The van der Waals surface area contributed by atoms with Gasteiger partial charge in [0.15, 0.2) is 11.5 Å². The van der Waals surface area contributed by atoms with Crippen LogP contribution < -0.4 is 19.5 Å². The summed E-state index contributed by atoms with van der Waals surface area (Å²) in [5.74, 6) is 1.42. The van der Waals surface area contributed by atoms with Gasteiger partial charge in [0, 0.05) is 7.11 Å². The molecule has 0 saturated heterocycles. The first-order valence-corrected chi connectivity index (χ1v) is 10.4. The summed E-state index contributed by atoms with van der Waals surface area (Å²) < 4.78 is 56.6. The molecule has 33 heavy (non-hydrogen) atoms. The molecular formula is C25H22F3NO4. The van der Waals surface area contributed by atoms with Crippen molar-refractivity contribution in [3.05, 3.63) is 71.8 Å². The van der Waals surface area contributed by atoms with Crippen LogP contribution in [0.4, 0.5) is 18.9 Å². The van der Waals surface area contributed by atoms with Crippen molar-refractivity contribution in [1.29, 1.82) is 0 Å². The van der Waals surface area contributed by atoms with E-state index in [0.29, 0.717) is 41.2 Å². The molecule has 1 N–H and O–H groups in total. The Morgan fingerprint density at radius 2 is 1.70 bits per heavy atom. The number of carbonyl (C=O) groups is 1. The van der Waals surface area contributed by atoms with Crippen molar-refractivity contribution in [2.24, 2.45) is 0 Å². The highest BCUT2D eigenvalue weighted by Gasteiger charge is 2.51. The first-order valence-electron chi connectivity index (χ1n) is 10.4. The van der Waals surface area contributed by atoms with Crippen molar-refractivity contribution >= 4 is 11.6 Å². The summed E-state index contributed by atoms with van der Waals surface area (Å²) in [5, 5.41) is 2.72. The second-order valence-corrected chi connectivity index (χ2v) is 8.13. The second kappa shape index (κ2) is 7.72. The summed E-state index contributed by atoms with van der Waals surface area (Å²) in [5.41, 5.74) is 0.137. The number of hydrogen-bond acceptors (Lipinski definition) is 4. The normalized spacial score (nSPS) is 15.8. The maximum atomic E-state index is 13.6. The smallest absolute Gasteiger partial charge is 0.416 e. The molecular weight excluding hydrogens is 435 g/mol. The molecule has 5 nitrogen and oxygen atoms in total. The maximum Gasteiger partial charge on any atom is 0.416 e. The zero-order valence-corrected chi connectivity index (χ0v) is 17.7. The van der Waals surface area contributed by atoms with E-state index in [-0.39, 0.29) is 19.8 Å². The summed E-state index contributed by atoms with van der Waals surface area (Å²) in [6.45, 7) is 0.121. The Kier molecular flexibility index (Phi) is 4.96. The summed E-state index contributed by atoms with van der Waals surface area (Å²) in [7, 11) is 1.51. The quantitative estimate of drug-likeness (QED) is 0.509. The fourth-order valence-electron chi connectivity index (χ4n) is 4.03. The summed E-state index contributed by atoms with van der Waals surface area (Å²) in [6.07, 6.45) is -3.36. The van der Waals surface area contributed by atoms with E-state index in [4.69, 9.17) is 14.2 Å². The van der Waals surface area contributed by atoms with Crippen LogP contribution in [0.25, 0.3) is 11.1 Å². The molecule has 8 heteroatoms. The molecule has 1 saturated carbocycles. The molecule has 1 heterocycles. The molecule has 1 amide bonds. The lowest BCUT2D eigenvalue weighted by molar-refractivity contribution is -0.137. The van der Waals surface area contributed by atoms with Crippen molar-refractivity contribution in [2.75, 3.05) is 19.2 Å². The number of fused-ring (bicyclic) bond motifs is 1. The lowest BCUT2D eigenvalue weighted by atomic mass is 9.94. The van der Waals surface area contributed by atoms with Crippen LogP contribution in [0.5, 0.6) is 17.2 Å². The van der Waals surface area contributed by atoms with E-state index in [2.05, 4.69) is 5.32 Å². The standard InChI is InChI=1S/C25H20F3NO4.H2/c1-31-20-5-2-15(3-6-20)16-10-18(25(26,27)28)12-19(11-16)29-23(30)24(8-9-24)17-4-7-21-22(13-17)33-14-32-21;/h2-7,10-13H,8-9,14H2,1H3,(H,29,30);1H. The van der Waals surface area contributed by atoms with Gasteiger partial charge in [-0.2, -0.15) is 13.2 Å². The molecule has 0 atom stereocenters. The Labute approximate surface area is 189 Å². The summed E-state index contributed by atoms with van der Waals surface area (Å²) >= 11 is 0. The van der Waals surface area contributed by atoms with E-state index in [0.717, 1.165) is 17.7 Å². The van der Waals surface area contributed by atoms with Gasteiger partial charge in [0.1, 0.15) is 5.75 Å². The number of rotatable bonds is 5. The fourth-order valence-corrected chi connectivity index (χ4v) is 4.03. The molecule has 1 aliphatic carbocycles. The van der Waals surface area contributed by atoms with Crippen LogP contribution in [0.15, 0.2) is 60.7 Å². The van der Waals surface area contributed by atoms with Crippen LogP contribution in [0, 0.1) is 0 Å². The number of hydrogen-bond donors (Lipinski definition) is 1. The number of nitrogens with one attached hydrogen (secondary N) is 1. The number of carbonyl (C=O) groups excluding carboxylic acids is 1. The highest BCUT2D eigenvalue weighted by Crippen LogP contribution is 2.51. The minimum atomic E-state index is -4.56. The number of halogens is 3. The largest absolute Gasteiger partial charge is 0.497 e. The van der Waals surface area contributed by atoms with E-state index in [1.54, 1.807) is 48.5 Å². The average Bonchev–Trinajstić information content (AvgIpc) is 3.49. The number of methoxy groups -OCH3 is 1. The van der Waals surface area contributed by atoms with E-state index >= 15 is 0 Å². The van der Waals surface area contributed by atoms with Gasteiger partial charge in [-0.3, -0.25) is 4.79 Å². The summed E-state index contributed by atoms with van der Waals surface area (Å²) in [4.78, 5) is 13.2. The van der Waals surface area contributed by atoms with Crippen LogP contribution in [0.1, 0.15) is 25.4 Å². The number of benzene rings is 3. The zero-order chi connectivity index (χ0) is 23.2. The second-order valence-electron chi connectivity index (χ2n) is 8.13. The molecule has 172 valence electrons. The van der Waals surface area contributed by atoms with Crippen molar-refractivity contribution in [1.82, 2.24) is 0 Å². The van der Waals surface area contributed by atoms with Crippen LogP contribution in [0.3, 0.4) is 0 Å². The van der Waals surface area contributed by atoms with Gasteiger partial charge in [0.2, 0.25) is 12.7 Å². The summed E-state index contributed by atoms with van der Waals surface area (Å²) in [6, 6.07) is 15.6. The van der Waals surface area contributed by atoms with Crippen molar-refractivity contribution < 1.29 is 33.6 Å². The molecule has 3 aromatic carbocycles. The first-order chi connectivity index (χ1) is 15.8. The SMILES string of the molecule is COc1ccc(-c2cc(NC(=O)C3(c4ccc5c(c4)OCO5)CC3)cc(C(F)(F)F)c2)cc1.[HH]. The number of anilines is 1. The van der Waals surface area contributed by atoms with Gasteiger partial charge < -0.3 is 19.5 Å². The Balaban J connectivity index is 0.00000274. The third-order valence-corrected chi connectivity index (χ3v) is 6.05. The van der Waals surface area contributed by atoms with E-state index in [1.807, 2.05) is 0 Å². The zero-order valence-electron chi connectivity index (χ0n) is 17.7. The van der Waals surface area contributed by atoms with Gasteiger partial charge in [-0.25, -0.2) is 0 Å². The molecule has 0 radical (unpaired) electrons. The van der Waals surface area contributed by atoms with Crippen LogP contribution in [0.2, 0.25) is 0 Å². The van der Waals surface area contributed by atoms with Gasteiger partial charge in [0.05, 0.1) is 18.1 Å². The van der Waals surface area contributed by atoms with Crippen LogP contribution in [-0.4, -0.2) is 19.8 Å². The number of ether oxygens (including phenoxy) is 3. The molecule has 1 aliphatic heterocycles. The van der Waals surface area contributed by atoms with Crippen molar-refractivity contribution in [3.8, 4) is 28.4 Å². The van der Waals surface area contributed by atoms with E-state index in [9.17, 15) is 18.0 Å². The fraction of sp³-hybridized carbons (Fsp3) is 0.240. The van der Waals surface area contributed by atoms with E-state index in [1.165, 1.54) is 7.11 Å². The van der Waals surface area contributed by atoms with Crippen LogP contribution >= 0.6 is 0 Å². The molecule has 0 bridgehead atoms. The van der Waals surface area contributed by atoms with Crippen molar-refractivity contribution in [2.45, 2.75) is 24.4 Å². The topological polar surface area (TPSA) is 56.8 Å². The monoisotopic (exact) mass is 457 g/mol. The molecule has 3 aromatic rings. The van der Waals surface area contributed by atoms with Crippen molar-refractivity contribution in [3.63, 3.8) is 0 Å². The Morgan fingerprint density at radius 3 is 2.36 bits per heavy atom. The Bertz CT molecular complexity index is 1220. The maximum absolute atomic E-state index is 13.6. The number of amides is 1. The van der Waals surface area contributed by atoms with Gasteiger partial charge >= 0.3 is 6.18 Å². The molecule has 2 aliphatic rings. The highest BCUT2D eigenvalue weighted by atomic mass is 19.4. The molecule has 0 unspecified atom stereocenters. The Morgan fingerprint density at radius 1 is 0.970 bits per heavy atom. The minimum Gasteiger partial charge on any atom is -0.497 e.